The Morgan fingerprint density at radius 2 is 1.96 bits per heavy atom. The van der Waals surface area contributed by atoms with Gasteiger partial charge in [-0.05, 0) is 12.1 Å². The number of hydrogen-bond donors (Lipinski definition) is 0. The molecule has 25 heavy (non-hydrogen) atoms. The summed E-state index contributed by atoms with van der Waals surface area (Å²) >= 11 is 0. The lowest BCUT2D eigenvalue weighted by Crippen LogP contribution is -2.29. The Kier molecular flexibility index (Phi) is 4.78. The highest BCUT2D eigenvalue weighted by atomic mass is 16.6. The van der Waals surface area contributed by atoms with Gasteiger partial charge in [0, 0.05) is 31.1 Å². The Morgan fingerprint density at radius 1 is 1.20 bits per heavy atom. The molecule has 2 heterocycles. The molecular weight excluding hydrogens is 330 g/mol. The molecule has 2 fully saturated rings. The molecule has 1 aromatic rings. The minimum Gasteiger partial charge on any atom is -0.493 e. The van der Waals surface area contributed by atoms with E-state index < -0.39 is 24.0 Å². The first-order chi connectivity index (χ1) is 12.0. The largest absolute Gasteiger partial charge is 0.493 e. The van der Waals surface area contributed by atoms with E-state index in [0.29, 0.717) is 23.6 Å². The summed E-state index contributed by atoms with van der Waals surface area (Å²) in [5.41, 5.74) is 0.609. The van der Waals surface area contributed by atoms with Crippen LogP contribution in [0.4, 0.5) is 5.69 Å². The fourth-order valence-electron chi connectivity index (χ4n) is 2.93. The summed E-state index contributed by atoms with van der Waals surface area (Å²) in [6, 6.07) is 5.10. The summed E-state index contributed by atoms with van der Waals surface area (Å²) in [6.07, 6.45) is -0.475. The van der Waals surface area contributed by atoms with E-state index in [9.17, 15) is 14.4 Å². The van der Waals surface area contributed by atoms with E-state index in [1.54, 1.807) is 18.2 Å². The number of cyclic esters (lactones) is 1. The van der Waals surface area contributed by atoms with E-state index in [0.717, 1.165) is 0 Å². The first kappa shape index (κ1) is 17.1. The molecule has 2 aliphatic heterocycles. The van der Waals surface area contributed by atoms with E-state index in [1.165, 1.54) is 19.1 Å². The smallest absolute Gasteiger partial charge is 0.347 e. The maximum atomic E-state index is 12.3. The quantitative estimate of drug-likeness (QED) is 0.730. The minimum atomic E-state index is -0.863. The predicted molar refractivity (Wildman–Crippen MR) is 85.5 cm³/mol. The summed E-state index contributed by atoms with van der Waals surface area (Å²) in [5.74, 6) is -0.854. The number of methoxy groups -OCH3 is 2. The predicted octanol–water partition coefficient (Wildman–Crippen LogP) is 0.915. The second kappa shape index (κ2) is 7.00. The van der Waals surface area contributed by atoms with Crippen LogP contribution in [0, 0.1) is 5.92 Å². The molecule has 3 rings (SSSR count). The maximum Gasteiger partial charge on any atom is 0.347 e. The third kappa shape index (κ3) is 3.38. The molecule has 8 nitrogen and oxygen atoms in total. The molecule has 0 spiro atoms. The van der Waals surface area contributed by atoms with E-state index in [1.807, 2.05) is 0 Å². The molecule has 0 aromatic heterocycles. The number of anilines is 1. The molecule has 0 N–H and O–H groups in total. The number of benzene rings is 1. The average Bonchev–Trinajstić information content (AvgIpc) is 3.20. The van der Waals surface area contributed by atoms with Crippen molar-refractivity contribution < 1.29 is 33.3 Å². The van der Waals surface area contributed by atoms with Crippen LogP contribution in [-0.2, 0) is 23.9 Å². The lowest BCUT2D eigenvalue weighted by atomic mass is 10.1. The number of carbonyl (C=O) groups excluding carboxylic acids is 3. The SMILES string of the molecule is COc1ccc(N2CC(C(=O)OC3CCOC3=O)CC2=O)cc1OC. The van der Waals surface area contributed by atoms with Gasteiger partial charge in [-0.3, -0.25) is 9.59 Å². The van der Waals surface area contributed by atoms with Crippen LogP contribution in [0.2, 0.25) is 0 Å². The third-order valence-corrected chi connectivity index (χ3v) is 4.28. The van der Waals surface area contributed by atoms with Gasteiger partial charge in [0.15, 0.2) is 11.5 Å². The lowest BCUT2D eigenvalue weighted by Gasteiger charge is -2.18. The summed E-state index contributed by atoms with van der Waals surface area (Å²) in [6.45, 7) is 0.438. The van der Waals surface area contributed by atoms with Crippen molar-refractivity contribution in [3.05, 3.63) is 18.2 Å². The summed E-state index contributed by atoms with van der Waals surface area (Å²) in [5, 5.41) is 0. The molecule has 1 aromatic carbocycles. The maximum absolute atomic E-state index is 12.3. The van der Waals surface area contributed by atoms with Gasteiger partial charge >= 0.3 is 11.9 Å². The molecule has 134 valence electrons. The van der Waals surface area contributed by atoms with Gasteiger partial charge < -0.3 is 23.8 Å². The minimum absolute atomic E-state index is 0.0367. The van der Waals surface area contributed by atoms with Crippen molar-refractivity contribution in [1.29, 1.82) is 0 Å². The van der Waals surface area contributed by atoms with Gasteiger partial charge in [0.25, 0.3) is 0 Å². The molecule has 1 amide bonds. The van der Waals surface area contributed by atoms with Crippen LogP contribution >= 0.6 is 0 Å². The second-order valence-electron chi connectivity index (χ2n) is 5.83. The highest BCUT2D eigenvalue weighted by Crippen LogP contribution is 2.34. The second-order valence-corrected chi connectivity index (χ2v) is 5.83. The first-order valence-corrected chi connectivity index (χ1v) is 7.93. The Bertz CT molecular complexity index is 702. The molecule has 2 aliphatic rings. The van der Waals surface area contributed by atoms with Crippen molar-refractivity contribution in [2.75, 3.05) is 32.3 Å². The lowest BCUT2D eigenvalue weighted by molar-refractivity contribution is -0.162. The number of carbonyl (C=O) groups is 3. The number of nitrogens with zero attached hydrogens (tertiary/aromatic N) is 1. The first-order valence-electron chi connectivity index (χ1n) is 7.93. The number of esters is 2. The third-order valence-electron chi connectivity index (χ3n) is 4.28. The molecule has 2 atom stereocenters. The van der Waals surface area contributed by atoms with Gasteiger partial charge in [0.2, 0.25) is 12.0 Å². The number of hydrogen-bond acceptors (Lipinski definition) is 7. The van der Waals surface area contributed by atoms with Gasteiger partial charge in [-0.2, -0.15) is 0 Å². The van der Waals surface area contributed by atoms with Crippen molar-refractivity contribution in [3.63, 3.8) is 0 Å². The number of ether oxygens (including phenoxy) is 4. The van der Waals surface area contributed by atoms with Crippen molar-refractivity contribution in [2.45, 2.75) is 18.9 Å². The molecule has 8 heteroatoms. The Hall–Kier alpha value is -2.77. The van der Waals surface area contributed by atoms with Crippen LogP contribution in [0.15, 0.2) is 18.2 Å². The van der Waals surface area contributed by atoms with Gasteiger partial charge in [-0.25, -0.2) is 4.79 Å². The van der Waals surface area contributed by atoms with E-state index in [-0.39, 0.29) is 25.5 Å². The summed E-state index contributed by atoms with van der Waals surface area (Å²) in [7, 11) is 3.03. The van der Waals surface area contributed by atoms with Crippen LogP contribution in [0.25, 0.3) is 0 Å². The van der Waals surface area contributed by atoms with Gasteiger partial charge in [0.1, 0.15) is 0 Å². The topological polar surface area (TPSA) is 91.4 Å². The van der Waals surface area contributed by atoms with Gasteiger partial charge in [-0.15, -0.1) is 0 Å². The molecule has 0 bridgehead atoms. The Labute approximate surface area is 144 Å². The van der Waals surface area contributed by atoms with E-state index in [4.69, 9.17) is 18.9 Å². The molecule has 2 saturated heterocycles. The summed E-state index contributed by atoms with van der Waals surface area (Å²) < 4.78 is 20.4. The fourth-order valence-corrected chi connectivity index (χ4v) is 2.93. The van der Waals surface area contributed by atoms with Crippen molar-refractivity contribution >= 4 is 23.5 Å². The van der Waals surface area contributed by atoms with Gasteiger partial charge in [-0.1, -0.05) is 0 Å². The van der Waals surface area contributed by atoms with Crippen molar-refractivity contribution in [3.8, 4) is 11.5 Å². The van der Waals surface area contributed by atoms with Crippen molar-refractivity contribution in [1.82, 2.24) is 0 Å². The van der Waals surface area contributed by atoms with Crippen LogP contribution in [0.1, 0.15) is 12.8 Å². The monoisotopic (exact) mass is 349 g/mol. The van der Waals surface area contributed by atoms with Crippen molar-refractivity contribution in [2.24, 2.45) is 5.92 Å². The normalized spacial score (nSPS) is 22.7. The summed E-state index contributed by atoms with van der Waals surface area (Å²) in [4.78, 5) is 37.4. The van der Waals surface area contributed by atoms with E-state index in [2.05, 4.69) is 0 Å². The van der Waals surface area contributed by atoms with Crippen LogP contribution < -0.4 is 14.4 Å². The van der Waals surface area contributed by atoms with Crippen LogP contribution in [0.3, 0.4) is 0 Å². The fraction of sp³-hybridized carbons (Fsp3) is 0.471. The van der Waals surface area contributed by atoms with Crippen LogP contribution in [0.5, 0.6) is 11.5 Å². The number of amides is 1. The molecular formula is C17H19NO7. The highest BCUT2D eigenvalue weighted by Gasteiger charge is 2.39. The zero-order chi connectivity index (χ0) is 18.0. The Balaban J connectivity index is 1.70. The standard InChI is InChI=1S/C17H19NO7/c1-22-12-4-3-11(8-14(12)23-2)18-9-10(7-15(18)19)16(20)25-13-5-6-24-17(13)21/h3-4,8,10,13H,5-7,9H2,1-2H3. The highest BCUT2D eigenvalue weighted by molar-refractivity contribution is 6.00. The zero-order valence-electron chi connectivity index (χ0n) is 14.0. The molecule has 2 unspecified atom stereocenters. The number of rotatable bonds is 5. The molecule has 0 aliphatic carbocycles. The van der Waals surface area contributed by atoms with E-state index >= 15 is 0 Å². The average molecular weight is 349 g/mol. The molecule has 0 radical (unpaired) electrons. The van der Waals surface area contributed by atoms with Gasteiger partial charge in [0.05, 0.1) is 26.7 Å². The molecule has 0 saturated carbocycles. The Morgan fingerprint density at radius 3 is 2.60 bits per heavy atom. The zero-order valence-corrected chi connectivity index (χ0v) is 14.0. The van der Waals surface area contributed by atoms with Crippen LogP contribution in [-0.4, -0.2) is 51.3 Å².